The molecule has 97 valence electrons. The van der Waals surface area contributed by atoms with Gasteiger partial charge >= 0.3 is 0 Å². The monoisotopic (exact) mass is 289 g/mol. The summed E-state index contributed by atoms with van der Waals surface area (Å²) in [5.74, 6) is 0. The quantitative estimate of drug-likeness (QED) is 0.354. The fourth-order valence-electron chi connectivity index (χ4n) is 1.97. The first-order chi connectivity index (χ1) is 7.81. The first-order valence-electron chi connectivity index (χ1n) is 7.31. The zero-order valence-corrected chi connectivity index (χ0v) is 12.9. The van der Waals surface area contributed by atoms with Crippen LogP contribution < -0.4 is 0 Å². The van der Waals surface area contributed by atoms with Gasteiger partial charge < -0.3 is 0 Å². The highest BCUT2D eigenvalue weighted by Gasteiger charge is 2.04. The second-order valence-corrected chi connectivity index (χ2v) is 5.97. The van der Waals surface area contributed by atoms with Gasteiger partial charge in [0.15, 0.2) is 0 Å². The Bertz CT molecular complexity index is 123. The fourth-order valence-corrected chi connectivity index (χ4v) is 2.53. The van der Waals surface area contributed by atoms with Crippen LogP contribution >= 0.6 is 15.9 Å². The van der Waals surface area contributed by atoms with Crippen molar-refractivity contribution in [1.29, 1.82) is 0 Å². The average Bonchev–Trinajstić information content (AvgIpc) is 2.29. The van der Waals surface area contributed by atoms with E-state index in [0.29, 0.717) is 0 Å². The van der Waals surface area contributed by atoms with E-state index in [2.05, 4.69) is 29.8 Å². The largest absolute Gasteiger partial charge is 0.0838 e. The van der Waals surface area contributed by atoms with E-state index >= 15 is 0 Å². The molecule has 16 heavy (non-hydrogen) atoms. The van der Waals surface area contributed by atoms with Gasteiger partial charge in [0.2, 0.25) is 0 Å². The van der Waals surface area contributed by atoms with Crippen molar-refractivity contribution < 1.29 is 0 Å². The van der Waals surface area contributed by atoms with E-state index in [1.807, 2.05) is 0 Å². The van der Waals surface area contributed by atoms with Crippen LogP contribution in [0.4, 0.5) is 0 Å². The third kappa shape index (κ3) is 12.5. The lowest BCUT2D eigenvalue weighted by atomic mass is 10.0. The molecule has 0 rings (SSSR count). The predicted molar refractivity (Wildman–Crippen MR) is 78.9 cm³/mol. The lowest BCUT2D eigenvalue weighted by Gasteiger charge is -2.08. The summed E-state index contributed by atoms with van der Waals surface area (Å²) in [4.78, 5) is 1.55. The SMILES string of the molecule is CCCCCCCC[C](Br)CCCCCC. The number of halogens is 1. The first-order valence-corrected chi connectivity index (χ1v) is 8.10. The molecule has 1 heteroatoms. The minimum atomic E-state index is 1.30. The average molecular weight is 290 g/mol. The summed E-state index contributed by atoms with van der Waals surface area (Å²) in [5, 5.41) is 0. The van der Waals surface area contributed by atoms with Crippen LogP contribution in [0.2, 0.25) is 0 Å². The van der Waals surface area contributed by atoms with Crippen LogP contribution in [0.1, 0.15) is 90.9 Å². The van der Waals surface area contributed by atoms with E-state index in [1.165, 1.54) is 77.0 Å². The van der Waals surface area contributed by atoms with Crippen LogP contribution in [0.5, 0.6) is 0 Å². The fraction of sp³-hybridized carbons (Fsp3) is 0.933. The molecule has 0 saturated heterocycles. The molecule has 0 saturated carbocycles. The van der Waals surface area contributed by atoms with E-state index in [1.54, 1.807) is 4.83 Å². The van der Waals surface area contributed by atoms with Crippen LogP contribution in [0.25, 0.3) is 0 Å². The van der Waals surface area contributed by atoms with E-state index in [9.17, 15) is 0 Å². The zero-order chi connectivity index (χ0) is 12.1. The molecule has 0 atom stereocenters. The van der Waals surface area contributed by atoms with Crippen LogP contribution in [0.3, 0.4) is 0 Å². The number of unbranched alkanes of at least 4 members (excludes halogenated alkanes) is 8. The van der Waals surface area contributed by atoms with Crippen molar-refractivity contribution in [2.75, 3.05) is 0 Å². The Morgan fingerprint density at radius 3 is 1.50 bits per heavy atom. The van der Waals surface area contributed by atoms with Gasteiger partial charge in [-0.1, -0.05) is 94.0 Å². The number of hydrogen-bond donors (Lipinski definition) is 0. The van der Waals surface area contributed by atoms with Crippen molar-refractivity contribution in [3.8, 4) is 0 Å². The van der Waals surface area contributed by atoms with Gasteiger partial charge in [0.25, 0.3) is 0 Å². The summed E-state index contributed by atoms with van der Waals surface area (Å²) >= 11 is 3.73. The topological polar surface area (TPSA) is 0 Å². The van der Waals surface area contributed by atoms with Crippen molar-refractivity contribution in [3.05, 3.63) is 4.83 Å². The third-order valence-corrected chi connectivity index (χ3v) is 3.90. The summed E-state index contributed by atoms with van der Waals surface area (Å²) in [7, 11) is 0. The van der Waals surface area contributed by atoms with Crippen molar-refractivity contribution in [2.45, 2.75) is 90.9 Å². The highest BCUT2D eigenvalue weighted by atomic mass is 79.9. The summed E-state index contributed by atoms with van der Waals surface area (Å²) in [6.07, 6.45) is 16.6. The standard InChI is InChI=1S/C15H30Br/c1-3-5-7-9-10-12-14-15(16)13-11-8-6-4-2/h3-14H2,1-2H3. The van der Waals surface area contributed by atoms with Gasteiger partial charge in [0.1, 0.15) is 0 Å². The number of rotatable bonds is 12. The molecular formula is C15H30Br. The van der Waals surface area contributed by atoms with Crippen LogP contribution in [-0.2, 0) is 0 Å². The molecule has 0 fully saturated rings. The Kier molecular flexibility index (Phi) is 14.0. The summed E-state index contributed by atoms with van der Waals surface area (Å²) in [6, 6.07) is 0. The normalized spacial score (nSPS) is 11.2. The molecule has 0 heterocycles. The van der Waals surface area contributed by atoms with Crippen LogP contribution in [0, 0.1) is 4.83 Å². The van der Waals surface area contributed by atoms with Crippen LogP contribution in [0.15, 0.2) is 0 Å². The zero-order valence-electron chi connectivity index (χ0n) is 11.4. The van der Waals surface area contributed by atoms with Gasteiger partial charge in [-0.2, -0.15) is 0 Å². The van der Waals surface area contributed by atoms with E-state index in [0.717, 1.165) is 0 Å². The van der Waals surface area contributed by atoms with Gasteiger partial charge in [-0.25, -0.2) is 0 Å². The highest BCUT2D eigenvalue weighted by Crippen LogP contribution is 2.25. The van der Waals surface area contributed by atoms with Crippen molar-refractivity contribution >= 4 is 15.9 Å². The molecule has 0 bridgehead atoms. The second-order valence-electron chi connectivity index (χ2n) is 4.85. The Morgan fingerprint density at radius 1 is 0.625 bits per heavy atom. The minimum Gasteiger partial charge on any atom is -0.0838 e. The molecule has 0 unspecified atom stereocenters. The van der Waals surface area contributed by atoms with Gasteiger partial charge in [-0.15, -0.1) is 0 Å². The van der Waals surface area contributed by atoms with Gasteiger partial charge in [-0.3, -0.25) is 0 Å². The first kappa shape index (κ1) is 16.5. The van der Waals surface area contributed by atoms with E-state index in [4.69, 9.17) is 0 Å². The molecule has 0 aliphatic heterocycles. The smallest absolute Gasteiger partial charge is 0.0410 e. The molecule has 0 aliphatic carbocycles. The molecule has 0 nitrogen and oxygen atoms in total. The number of hydrogen-bond acceptors (Lipinski definition) is 0. The second kappa shape index (κ2) is 13.5. The lowest BCUT2D eigenvalue weighted by molar-refractivity contribution is 0.587. The van der Waals surface area contributed by atoms with Crippen LogP contribution in [-0.4, -0.2) is 0 Å². The summed E-state index contributed by atoms with van der Waals surface area (Å²) < 4.78 is 0. The highest BCUT2D eigenvalue weighted by molar-refractivity contribution is 9.11. The van der Waals surface area contributed by atoms with E-state index < -0.39 is 0 Å². The van der Waals surface area contributed by atoms with E-state index in [-0.39, 0.29) is 0 Å². The molecule has 0 aromatic carbocycles. The molecule has 0 amide bonds. The Balaban J connectivity index is 3.08. The molecule has 0 aromatic heterocycles. The van der Waals surface area contributed by atoms with Crippen molar-refractivity contribution in [1.82, 2.24) is 0 Å². The molecule has 0 N–H and O–H groups in total. The maximum atomic E-state index is 3.73. The molecule has 0 aliphatic rings. The third-order valence-electron chi connectivity index (χ3n) is 3.10. The molecular weight excluding hydrogens is 260 g/mol. The van der Waals surface area contributed by atoms with Crippen molar-refractivity contribution in [3.63, 3.8) is 0 Å². The van der Waals surface area contributed by atoms with Gasteiger partial charge in [-0.05, 0) is 12.8 Å². The minimum absolute atomic E-state index is 1.30. The van der Waals surface area contributed by atoms with Gasteiger partial charge in [0, 0.05) is 4.83 Å². The van der Waals surface area contributed by atoms with Gasteiger partial charge in [0.05, 0.1) is 0 Å². The maximum absolute atomic E-state index is 3.73. The molecule has 0 spiro atoms. The predicted octanol–water partition coefficient (Wildman–Crippen LogP) is 6.63. The Labute approximate surface area is 112 Å². The Hall–Kier alpha value is 0.480. The maximum Gasteiger partial charge on any atom is 0.0410 e. The lowest BCUT2D eigenvalue weighted by Crippen LogP contribution is -1.89. The summed E-state index contributed by atoms with van der Waals surface area (Å²) in [6.45, 7) is 4.55. The van der Waals surface area contributed by atoms with Crippen molar-refractivity contribution in [2.24, 2.45) is 0 Å². The molecule has 0 aromatic rings. The summed E-state index contributed by atoms with van der Waals surface area (Å²) in [5.41, 5.74) is 0. The Morgan fingerprint density at radius 2 is 1.00 bits per heavy atom. The molecule has 1 radical (unpaired) electrons.